The Morgan fingerprint density at radius 1 is 1.06 bits per heavy atom. The molecular formula is C24H20ClN3O5. The molecule has 3 aromatic rings. The van der Waals surface area contributed by atoms with E-state index in [0.717, 1.165) is 22.4 Å². The average Bonchev–Trinajstić information content (AvgIpc) is 3.29. The Morgan fingerprint density at radius 2 is 1.82 bits per heavy atom. The summed E-state index contributed by atoms with van der Waals surface area (Å²) in [6.07, 6.45) is 0.0247. The van der Waals surface area contributed by atoms with E-state index in [2.05, 4.69) is 0 Å². The molecule has 0 aliphatic carbocycles. The maximum absolute atomic E-state index is 11.4. The molecule has 2 atom stereocenters. The molecule has 0 unspecified atom stereocenters. The van der Waals surface area contributed by atoms with Gasteiger partial charge in [0.15, 0.2) is 11.5 Å². The molecule has 2 aliphatic heterocycles. The highest BCUT2D eigenvalue weighted by atomic mass is 35.5. The topological polar surface area (TPSA) is 86.4 Å². The molecule has 9 heteroatoms. The van der Waals surface area contributed by atoms with Gasteiger partial charge in [-0.2, -0.15) is 5.10 Å². The van der Waals surface area contributed by atoms with Crippen molar-refractivity contribution >= 4 is 23.0 Å². The fourth-order valence-electron chi connectivity index (χ4n) is 4.23. The molecule has 0 fully saturated rings. The van der Waals surface area contributed by atoms with Crippen LogP contribution >= 0.6 is 11.6 Å². The van der Waals surface area contributed by atoms with Crippen molar-refractivity contribution < 1.29 is 19.1 Å². The summed E-state index contributed by atoms with van der Waals surface area (Å²) in [6.45, 7) is 0. The van der Waals surface area contributed by atoms with Crippen molar-refractivity contribution in [1.82, 2.24) is 5.01 Å². The van der Waals surface area contributed by atoms with Crippen molar-refractivity contribution in [2.24, 2.45) is 5.10 Å². The van der Waals surface area contributed by atoms with E-state index in [1.807, 2.05) is 47.5 Å². The first-order valence-corrected chi connectivity index (χ1v) is 10.6. The Hall–Kier alpha value is -3.78. The molecule has 0 bridgehead atoms. The van der Waals surface area contributed by atoms with E-state index in [-0.39, 0.29) is 11.7 Å². The van der Waals surface area contributed by atoms with E-state index in [0.29, 0.717) is 28.7 Å². The molecule has 5 rings (SSSR count). The second-order valence-electron chi connectivity index (χ2n) is 7.72. The maximum Gasteiger partial charge on any atom is 0.270 e. The van der Waals surface area contributed by atoms with E-state index in [1.165, 1.54) is 6.07 Å². The van der Waals surface area contributed by atoms with Crippen LogP contribution in [0.15, 0.2) is 65.8 Å². The van der Waals surface area contributed by atoms with E-state index in [1.54, 1.807) is 26.4 Å². The molecule has 3 aromatic carbocycles. The lowest BCUT2D eigenvalue weighted by atomic mass is 9.95. The number of nitro groups is 1. The molecule has 2 heterocycles. The third-order valence-electron chi connectivity index (χ3n) is 5.85. The van der Waals surface area contributed by atoms with E-state index in [9.17, 15) is 10.1 Å². The number of halogens is 1. The number of methoxy groups -OCH3 is 2. The molecule has 168 valence electrons. The van der Waals surface area contributed by atoms with Gasteiger partial charge in [0.2, 0.25) is 6.23 Å². The van der Waals surface area contributed by atoms with Crippen LogP contribution in [0.4, 0.5) is 5.69 Å². The van der Waals surface area contributed by atoms with Crippen LogP contribution in [0.5, 0.6) is 17.2 Å². The molecule has 2 aliphatic rings. The first-order chi connectivity index (χ1) is 16.0. The van der Waals surface area contributed by atoms with Crippen molar-refractivity contribution in [3.05, 3.63) is 92.5 Å². The lowest BCUT2D eigenvalue weighted by Crippen LogP contribution is -2.33. The first kappa shape index (κ1) is 21.1. The number of hydrogen-bond acceptors (Lipinski definition) is 7. The van der Waals surface area contributed by atoms with Crippen LogP contribution in [0.25, 0.3) is 0 Å². The zero-order valence-corrected chi connectivity index (χ0v) is 18.7. The Kier molecular flexibility index (Phi) is 5.30. The van der Waals surface area contributed by atoms with Gasteiger partial charge >= 0.3 is 0 Å². The number of ether oxygens (including phenoxy) is 3. The van der Waals surface area contributed by atoms with Gasteiger partial charge < -0.3 is 14.2 Å². The number of hydrogen-bond donors (Lipinski definition) is 0. The van der Waals surface area contributed by atoms with Gasteiger partial charge in [0.1, 0.15) is 5.75 Å². The third-order valence-corrected chi connectivity index (χ3v) is 6.11. The zero-order chi connectivity index (χ0) is 23.1. The molecule has 33 heavy (non-hydrogen) atoms. The predicted octanol–water partition coefficient (Wildman–Crippen LogP) is 5.51. The summed E-state index contributed by atoms with van der Waals surface area (Å²) in [5.41, 5.74) is 3.36. The van der Waals surface area contributed by atoms with Crippen molar-refractivity contribution in [2.75, 3.05) is 14.2 Å². The highest BCUT2D eigenvalue weighted by molar-refractivity contribution is 6.30. The monoisotopic (exact) mass is 465 g/mol. The SMILES string of the molecule is COc1ccc([C@H]2Oc3ccc([N+](=O)[O-])cc3[C@@H]3CC(c4ccc(Cl)cc4)=NN23)cc1OC. The number of benzene rings is 3. The molecule has 0 N–H and O–H groups in total. The lowest BCUT2D eigenvalue weighted by Gasteiger charge is -2.38. The van der Waals surface area contributed by atoms with Crippen LogP contribution in [0.1, 0.15) is 35.4 Å². The number of nitrogens with zero attached hydrogens (tertiary/aromatic N) is 3. The first-order valence-electron chi connectivity index (χ1n) is 10.3. The quantitative estimate of drug-likeness (QED) is 0.365. The number of rotatable bonds is 5. The Balaban J connectivity index is 1.61. The highest BCUT2D eigenvalue weighted by Crippen LogP contribution is 2.49. The fourth-order valence-corrected chi connectivity index (χ4v) is 4.36. The summed E-state index contributed by atoms with van der Waals surface area (Å²) in [6, 6.07) is 17.5. The van der Waals surface area contributed by atoms with Gasteiger partial charge in [0.25, 0.3) is 5.69 Å². The van der Waals surface area contributed by atoms with Gasteiger partial charge in [-0.05, 0) is 42.0 Å². The minimum atomic E-state index is -0.548. The molecule has 0 radical (unpaired) electrons. The van der Waals surface area contributed by atoms with Crippen molar-refractivity contribution in [2.45, 2.75) is 18.7 Å². The van der Waals surface area contributed by atoms with Crippen LogP contribution in [0.2, 0.25) is 5.02 Å². The molecule has 0 spiro atoms. The summed E-state index contributed by atoms with van der Waals surface area (Å²) >= 11 is 6.05. The van der Waals surface area contributed by atoms with Gasteiger partial charge in [-0.1, -0.05) is 23.7 Å². The van der Waals surface area contributed by atoms with Gasteiger partial charge in [-0.25, -0.2) is 5.01 Å². The smallest absolute Gasteiger partial charge is 0.270 e. The summed E-state index contributed by atoms with van der Waals surface area (Å²) in [7, 11) is 3.16. The van der Waals surface area contributed by atoms with Crippen molar-refractivity contribution in [1.29, 1.82) is 0 Å². The lowest BCUT2D eigenvalue weighted by molar-refractivity contribution is -0.385. The van der Waals surface area contributed by atoms with Crippen molar-refractivity contribution in [3.63, 3.8) is 0 Å². The predicted molar refractivity (Wildman–Crippen MR) is 123 cm³/mol. The number of non-ortho nitro benzene ring substituents is 1. The molecule has 0 saturated heterocycles. The summed E-state index contributed by atoms with van der Waals surface area (Å²) in [4.78, 5) is 11.0. The normalized spacial score (nSPS) is 18.6. The minimum absolute atomic E-state index is 0.0156. The fraction of sp³-hybridized carbons (Fsp3) is 0.208. The Labute approximate surface area is 195 Å². The Morgan fingerprint density at radius 3 is 2.52 bits per heavy atom. The van der Waals surface area contributed by atoms with Crippen LogP contribution in [-0.2, 0) is 0 Å². The van der Waals surface area contributed by atoms with Crippen LogP contribution in [0.3, 0.4) is 0 Å². The van der Waals surface area contributed by atoms with Gasteiger partial charge in [0.05, 0.1) is 30.9 Å². The zero-order valence-electron chi connectivity index (χ0n) is 17.9. The molecular weight excluding hydrogens is 446 g/mol. The highest BCUT2D eigenvalue weighted by Gasteiger charge is 2.42. The summed E-state index contributed by atoms with van der Waals surface area (Å²) in [5.74, 6) is 1.77. The largest absolute Gasteiger partial charge is 0.493 e. The maximum atomic E-state index is 11.4. The van der Waals surface area contributed by atoms with Crippen LogP contribution < -0.4 is 14.2 Å². The summed E-state index contributed by atoms with van der Waals surface area (Å²) in [5, 5.41) is 18.8. The molecule has 0 aromatic heterocycles. The number of hydrazone groups is 1. The number of fused-ring (bicyclic) bond motifs is 3. The second kappa shape index (κ2) is 8.29. The standard InChI is InChI=1S/C24H20ClN3O5/c1-31-22-9-5-15(11-23(22)32-2)24-27-20(13-19(26-27)14-3-6-16(25)7-4-14)18-12-17(28(29)30)8-10-21(18)33-24/h3-12,20,24H,13H2,1-2H3/t20-,24+/m0/s1. The Bertz CT molecular complexity index is 1260. The molecule has 0 amide bonds. The van der Waals surface area contributed by atoms with E-state index < -0.39 is 11.2 Å². The van der Waals surface area contributed by atoms with E-state index >= 15 is 0 Å². The number of nitro benzene ring substituents is 1. The van der Waals surface area contributed by atoms with Gasteiger partial charge in [0, 0.05) is 34.7 Å². The van der Waals surface area contributed by atoms with Gasteiger partial charge in [-0.15, -0.1) is 0 Å². The minimum Gasteiger partial charge on any atom is -0.493 e. The van der Waals surface area contributed by atoms with E-state index in [4.69, 9.17) is 30.9 Å². The van der Waals surface area contributed by atoms with Crippen molar-refractivity contribution in [3.8, 4) is 17.2 Å². The molecule has 8 nitrogen and oxygen atoms in total. The third kappa shape index (κ3) is 3.72. The average molecular weight is 466 g/mol. The summed E-state index contributed by atoms with van der Waals surface area (Å²) < 4.78 is 17.2. The van der Waals surface area contributed by atoms with Crippen LogP contribution in [-0.4, -0.2) is 29.9 Å². The van der Waals surface area contributed by atoms with Gasteiger partial charge in [-0.3, -0.25) is 10.1 Å². The second-order valence-corrected chi connectivity index (χ2v) is 8.15. The molecule has 0 saturated carbocycles. The van der Waals surface area contributed by atoms with Crippen LogP contribution in [0, 0.1) is 10.1 Å².